The summed E-state index contributed by atoms with van der Waals surface area (Å²) in [6.45, 7) is 2.24. The van der Waals surface area contributed by atoms with Gasteiger partial charge in [0.1, 0.15) is 0 Å². The summed E-state index contributed by atoms with van der Waals surface area (Å²) in [6, 6.07) is 19.2. The van der Waals surface area contributed by atoms with Crippen molar-refractivity contribution in [3.8, 4) is 0 Å². The number of benzene rings is 3. The minimum absolute atomic E-state index is 0.265. The van der Waals surface area contributed by atoms with Crippen LogP contribution in [-0.2, 0) is 16.9 Å². The van der Waals surface area contributed by atoms with Crippen molar-refractivity contribution in [2.24, 2.45) is 0 Å². The number of nitrogens with zero attached hydrogens (tertiary/aromatic N) is 1. The lowest BCUT2D eigenvalue weighted by Crippen LogP contribution is -2.41. The van der Waals surface area contributed by atoms with Gasteiger partial charge in [0.05, 0.1) is 23.7 Å². The molecule has 1 aliphatic rings. The Bertz CT molecular complexity index is 1160. The number of ketones is 1. The van der Waals surface area contributed by atoms with Crippen molar-refractivity contribution < 1.29 is 14.7 Å². The Kier molecular flexibility index (Phi) is 5.41. The Labute approximate surface area is 184 Å². The maximum Gasteiger partial charge on any atom is 0.264 e. The van der Waals surface area contributed by atoms with E-state index >= 15 is 0 Å². The Morgan fingerprint density at radius 1 is 1.03 bits per heavy atom. The first-order valence-electron chi connectivity index (χ1n) is 9.48. The molecule has 0 aliphatic carbocycles. The van der Waals surface area contributed by atoms with E-state index in [1.54, 1.807) is 42.5 Å². The zero-order chi connectivity index (χ0) is 21.5. The van der Waals surface area contributed by atoms with Crippen LogP contribution in [0.5, 0.6) is 0 Å². The van der Waals surface area contributed by atoms with Crippen molar-refractivity contribution in [3.63, 3.8) is 0 Å². The van der Waals surface area contributed by atoms with E-state index in [2.05, 4.69) is 0 Å². The Hall–Kier alpha value is -2.66. The van der Waals surface area contributed by atoms with Crippen molar-refractivity contribution in [3.05, 3.63) is 99.0 Å². The van der Waals surface area contributed by atoms with Gasteiger partial charge in [0.2, 0.25) is 0 Å². The Balaban J connectivity index is 1.74. The molecule has 1 amide bonds. The van der Waals surface area contributed by atoms with Crippen LogP contribution in [0.4, 0.5) is 5.69 Å². The summed E-state index contributed by atoms with van der Waals surface area (Å²) in [7, 11) is 0. The van der Waals surface area contributed by atoms with Gasteiger partial charge < -0.3 is 10.0 Å². The molecule has 152 valence electrons. The van der Waals surface area contributed by atoms with E-state index in [0.717, 1.165) is 11.1 Å². The maximum atomic E-state index is 13.4. The number of halogens is 2. The quantitative estimate of drug-likeness (QED) is 0.548. The number of aryl methyl sites for hydroxylation is 1. The monoisotopic (exact) mass is 439 g/mol. The largest absolute Gasteiger partial charge is 0.375 e. The molecule has 0 aromatic heterocycles. The topological polar surface area (TPSA) is 57.6 Å². The first-order chi connectivity index (χ1) is 14.3. The van der Waals surface area contributed by atoms with E-state index in [0.29, 0.717) is 16.3 Å². The number of carbonyl (C=O) groups is 2. The molecule has 1 heterocycles. The molecule has 0 fully saturated rings. The van der Waals surface area contributed by atoms with Crippen molar-refractivity contribution >= 4 is 40.6 Å². The van der Waals surface area contributed by atoms with Gasteiger partial charge >= 0.3 is 0 Å². The van der Waals surface area contributed by atoms with E-state index in [1.807, 2.05) is 31.2 Å². The van der Waals surface area contributed by atoms with E-state index < -0.39 is 23.7 Å². The highest BCUT2D eigenvalue weighted by Gasteiger charge is 2.51. The van der Waals surface area contributed by atoms with Crippen LogP contribution >= 0.6 is 23.2 Å². The summed E-state index contributed by atoms with van der Waals surface area (Å²) < 4.78 is 0. The smallest absolute Gasteiger partial charge is 0.264 e. The Morgan fingerprint density at radius 3 is 2.47 bits per heavy atom. The van der Waals surface area contributed by atoms with Crippen LogP contribution in [0.15, 0.2) is 66.7 Å². The summed E-state index contributed by atoms with van der Waals surface area (Å²) in [5.41, 5.74) is 1.10. The fourth-order valence-corrected chi connectivity index (χ4v) is 4.24. The molecule has 3 aromatic rings. The number of carbonyl (C=O) groups excluding carboxylic acids is 2. The highest BCUT2D eigenvalue weighted by atomic mass is 35.5. The molecule has 1 atom stereocenters. The second-order valence-electron chi connectivity index (χ2n) is 7.42. The molecule has 1 aliphatic heterocycles. The summed E-state index contributed by atoms with van der Waals surface area (Å²) in [6.07, 6.45) is -0.423. The predicted octanol–water partition coefficient (Wildman–Crippen LogP) is 5.31. The highest BCUT2D eigenvalue weighted by Crippen LogP contribution is 2.45. The van der Waals surface area contributed by atoms with E-state index in [9.17, 15) is 14.7 Å². The molecule has 4 rings (SSSR count). The third-order valence-corrected chi connectivity index (χ3v) is 6.04. The van der Waals surface area contributed by atoms with Gasteiger partial charge in [-0.1, -0.05) is 59.6 Å². The molecule has 0 bridgehead atoms. The number of hydrogen-bond acceptors (Lipinski definition) is 3. The average Bonchev–Trinajstić information content (AvgIpc) is 2.91. The minimum Gasteiger partial charge on any atom is -0.375 e. The number of anilines is 1. The molecule has 6 heteroatoms. The lowest BCUT2D eigenvalue weighted by molar-refractivity contribution is -0.136. The lowest BCUT2D eigenvalue weighted by atomic mass is 9.88. The number of fused-ring (bicyclic) bond motifs is 1. The van der Waals surface area contributed by atoms with E-state index in [-0.39, 0.29) is 17.1 Å². The molecule has 1 unspecified atom stereocenters. The average molecular weight is 440 g/mol. The summed E-state index contributed by atoms with van der Waals surface area (Å²) >= 11 is 12.3. The second kappa shape index (κ2) is 7.88. The molecule has 3 aromatic carbocycles. The molecular formula is C24H19Cl2NO3. The molecular weight excluding hydrogens is 421 g/mol. The van der Waals surface area contributed by atoms with Crippen molar-refractivity contribution in [2.45, 2.75) is 25.5 Å². The first-order valence-corrected chi connectivity index (χ1v) is 10.2. The van der Waals surface area contributed by atoms with Crippen LogP contribution in [0.3, 0.4) is 0 Å². The zero-order valence-electron chi connectivity index (χ0n) is 16.2. The van der Waals surface area contributed by atoms with Crippen LogP contribution in [0.25, 0.3) is 0 Å². The Morgan fingerprint density at radius 2 is 1.73 bits per heavy atom. The van der Waals surface area contributed by atoms with Crippen LogP contribution in [-0.4, -0.2) is 16.8 Å². The second-order valence-corrected chi connectivity index (χ2v) is 8.26. The molecule has 30 heavy (non-hydrogen) atoms. The van der Waals surface area contributed by atoms with Gasteiger partial charge in [-0.25, -0.2) is 0 Å². The number of amides is 1. The van der Waals surface area contributed by atoms with Crippen molar-refractivity contribution in [2.75, 3.05) is 4.90 Å². The lowest BCUT2D eigenvalue weighted by Gasteiger charge is -2.23. The van der Waals surface area contributed by atoms with Gasteiger partial charge in [-0.2, -0.15) is 0 Å². The molecule has 1 N–H and O–H groups in total. The maximum absolute atomic E-state index is 13.4. The first kappa shape index (κ1) is 20.6. The minimum atomic E-state index is -2.01. The fraction of sp³-hybridized carbons (Fsp3) is 0.167. The SMILES string of the molecule is Cc1ccccc1CN1C(=O)C(O)(CC(=O)c2ccccc2Cl)c2cc(Cl)ccc21. The van der Waals surface area contributed by atoms with Gasteiger partial charge in [0, 0.05) is 16.1 Å². The number of hydrogen-bond donors (Lipinski definition) is 1. The van der Waals surface area contributed by atoms with Crippen LogP contribution < -0.4 is 4.90 Å². The van der Waals surface area contributed by atoms with Crippen LogP contribution in [0.2, 0.25) is 10.0 Å². The van der Waals surface area contributed by atoms with Crippen molar-refractivity contribution in [1.82, 2.24) is 0 Å². The van der Waals surface area contributed by atoms with Crippen LogP contribution in [0, 0.1) is 6.92 Å². The molecule has 4 nitrogen and oxygen atoms in total. The summed E-state index contributed by atoms with van der Waals surface area (Å²) in [5, 5.41) is 12.1. The molecule has 0 radical (unpaired) electrons. The number of aliphatic hydroxyl groups is 1. The molecule has 0 saturated carbocycles. The van der Waals surface area contributed by atoms with E-state index in [4.69, 9.17) is 23.2 Å². The zero-order valence-corrected chi connectivity index (χ0v) is 17.7. The third kappa shape index (κ3) is 3.52. The molecule has 0 spiro atoms. The van der Waals surface area contributed by atoms with Crippen LogP contribution in [0.1, 0.15) is 33.5 Å². The van der Waals surface area contributed by atoms with Gasteiger partial charge in [0.15, 0.2) is 11.4 Å². The predicted molar refractivity (Wildman–Crippen MR) is 118 cm³/mol. The van der Waals surface area contributed by atoms with Crippen molar-refractivity contribution in [1.29, 1.82) is 0 Å². The number of Topliss-reactive ketones (excluding diaryl/α,β-unsaturated/α-hetero) is 1. The van der Waals surface area contributed by atoms with E-state index in [1.165, 1.54) is 4.90 Å². The van der Waals surface area contributed by atoms with Gasteiger partial charge in [-0.05, 0) is 48.4 Å². The number of rotatable bonds is 5. The normalized spacial score (nSPS) is 17.9. The van der Waals surface area contributed by atoms with Gasteiger partial charge in [-0.15, -0.1) is 0 Å². The molecule has 0 saturated heterocycles. The fourth-order valence-electron chi connectivity index (χ4n) is 3.82. The summed E-state index contributed by atoms with van der Waals surface area (Å²) in [5.74, 6) is -0.969. The highest BCUT2D eigenvalue weighted by molar-refractivity contribution is 6.34. The summed E-state index contributed by atoms with van der Waals surface area (Å²) in [4.78, 5) is 27.9. The van der Waals surface area contributed by atoms with Gasteiger partial charge in [-0.3, -0.25) is 9.59 Å². The standard InChI is InChI=1S/C24H19Cl2NO3/c1-15-6-2-3-7-16(15)14-27-21-11-10-17(25)12-19(21)24(30,23(27)29)13-22(28)18-8-4-5-9-20(18)26/h2-12,30H,13-14H2,1H3. The third-order valence-electron chi connectivity index (χ3n) is 5.47. The van der Waals surface area contributed by atoms with Gasteiger partial charge in [0.25, 0.3) is 5.91 Å².